The van der Waals surface area contributed by atoms with Crippen molar-refractivity contribution in [3.63, 3.8) is 0 Å². The highest BCUT2D eigenvalue weighted by Gasteiger charge is 2.33. The van der Waals surface area contributed by atoms with Crippen LogP contribution in [0.2, 0.25) is 0 Å². The third-order valence-corrected chi connectivity index (χ3v) is 4.16. The second-order valence-corrected chi connectivity index (χ2v) is 5.58. The van der Waals surface area contributed by atoms with Crippen molar-refractivity contribution < 1.29 is 13.2 Å². The average Bonchev–Trinajstić information content (AvgIpc) is 3.16. The fourth-order valence-corrected chi connectivity index (χ4v) is 2.85. The van der Waals surface area contributed by atoms with Gasteiger partial charge in [-0.25, -0.2) is 4.98 Å². The van der Waals surface area contributed by atoms with Crippen LogP contribution in [0.5, 0.6) is 0 Å². The Balaban J connectivity index is 2.14. The molecule has 3 rings (SSSR count). The number of halogens is 4. The first-order chi connectivity index (χ1) is 9.41. The van der Waals surface area contributed by atoms with E-state index in [0.29, 0.717) is 17.3 Å². The molecule has 0 saturated heterocycles. The highest BCUT2D eigenvalue weighted by molar-refractivity contribution is 6.16. The van der Waals surface area contributed by atoms with E-state index in [9.17, 15) is 13.2 Å². The summed E-state index contributed by atoms with van der Waals surface area (Å²) in [6.07, 6.45) is -2.03. The highest BCUT2D eigenvalue weighted by atomic mass is 35.5. The Hall–Kier alpha value is -1.23. The molecule has 1 atom stereocenters. The van der Waals surface area contributed by atoms with Gasteiger partial charge in [0.1, 0.15) is 5.82 Å². The Labute approximate surface area is 119 Å². The van der Waals surface area contributed by atoms with Crippen LogP contribution >= 0.6 is 11.6 Å². The van der Waals surface area contributed by atoms with Gasteiger partial charge < -0.3 is 4.57 Å². The largest absolute Gasteiger partial charge is 0.416 e. The number of aromatic nitrogens is 2. The monoisotopic (exact) mass is 302 g/mol. The number of hydrogen-bond donors (Lipinski definition) is 0. The topological polar surface area (TPSA) is 17.8 Å². The summed E-state index contributed by atoms with van der Waals surface area (Å²) in [4.78, 5) is 4.27. The molecule has 1 aliphatic carbocycles. The zero-order valence-electron chi connectivity index (χ0n) is 10.9. The molecule has 6 heteroatoms. The van der Waals surface area contributed by atoms with Gasteiger partial charge in [0.15, 0.2) is 0 Å². The van der Waals surface area contributed by atoms with Gasteiger partial charge in [0.2, 0.25) is 0 Å². The fraction of sp³-hybridized carbons (Fsp3) is 0.500. The second kappa shape index (κ2) is 4.65. The van der Waals surface area contributed by atoms with Crippen molar-refractivity contribution in [2.45, 2.75) is 37.9 Å². The van der Waals surface area contributed by atoms with E-state index in [2.05, 4.69) is 11.9 Å². The molecule has 2 nitrogen and oxygen atoms in total. The van der Waals surface area contributed by atoms with Crippen molar-refractivity contribution in [2.24, 2.45) is 5.92 Å². The molecule has 1 heterocycles. The predicted molar refractivity (Wildman–Crippen MR) is 71.7 cm³/mol. The van der Waals surface area contributed by atoms with Gasteiger partial charge in [-0.2, -0.15) is 13.2 Å². The molecular formula is C14H14ClF3N2. The van der Waals surface area contributed by atoms with E-state index in [1.165, 1.54) is 6.07 Å². The van der Waals surface area contributed by atoms with Crippen molar-refractivity contribution in [3.8, 4) is 0 Å². The minimum absolute atomic E-state index is 0.201. The van der Waals surface area contributed by atoms with E-state index >= 15 is 0 Å². The highest BCUT2D eigenvalue weighted by Crippen LogP contribution is 2.42. The maximum atomic E-state index is 12.7. The summed E-state index contributed by atoms with van der Waals surface area (Å²) < 4.78 is 40.2. The zero-order chi connectivity index (χ0) is 14.5. The summed E-state index contributed by atoms with van der Waals surface area (Å²) in [5.41, 5.74) is 0.422. The molecule has 0 aliphatic heterocycles. The van der Waals surface area contributed by atoms with E-state index in [1.54, 1.807) is 0 Å². The first-order valence-electron chi connectivity index (χ1n) is 6.56. The SMILES string of the molecule is CC(C1CC1)n1c(CCl)nc2cc(C(F)(F)F)ccc21. The number of rotatable bonds is 3. The quantitative estimate of drug-likeness (QED) is 0.747. The van der Waals surface area contributed by atoms with Crippen LogP contribution in [0.25, 0.3) is 11.0 Å². The van der Waals surface area contributed by atoms with E-state index in [-0.39, 0.29) is 11.9 Å². The molecule has 1 aliphatic rings. The Morgan fingerprint density at radius 2 is 2.10 bits per heavy atom. The van der Waals surface area contributed by atoms with E-state index in [0.717, 1.165) is 30.5 Å². The lowest BCUT2D eigenvalue weighted by atomic mass is 10.1. The summed E-state index contributed by atoms with van der Waals surface area (Å²) in [5.74, 6) is 1.42. The summed E-state index contributed by atoms with van der Waals surface area (Å²) in [5, 5.41) is 0. The molecule has 1 fully saturated rings. The van der Waals surface area contributed by atoms with Crippen LogP contribution < -0.4 is 0 Å². The Kier molecular flexibility index (Phi) is 3.20. The lowest BCUT2D eigenvalue weighted by Gasteiger charge is -2.16. The van der Waals surface area contributed by atoms with Gasteiger partial charge in [0.25, 0.3) is 0 Å². The van der Waals surface area contributed by atoms with Gasteiger partial charge in [-0.1, -0.05) is 0 Å². The molecule has 108 valence electrons. The minimum Gasteiger partial charge on any atom is -0.324 e. The van der Waals surface area contributed by atoms with Crippen molar-refractivity contribution in [1.29, 1.82) is 0 Å². The summed E-state index contributed by atoms with van der Waals surface area (Å²) in [7, 11) is 0. The zero-order valence-corrected chi connectivity index (χ0v) is 11.7. The van der Waals surface area contributed by atoms with E-state index < -0.39 is 11.7 Å². The van der Waals surface area contributed by atoms with Crippen molar-refractivity contribution in [1.82, 2.24) is 9.55 Å². The van der Waals surface area contributed by atoms with E-state index in [4.69, 9.17) is 11.6 Å². The van der Waals surface area contributed by atoms with Crippen molar-refractivity contribution in [2.75, 3.05) is 0 Å². The Morgan fingerprint density at radius 3 is 2.65 bits per heavy atom. The summed E-state index contributed by atoms with van der Waals surface area (Å²) in [6, 6.07) is 3.94. The molecule has 0 spiro atoms. The molecule has 1 unspecified atom stereocenters. The Morgan fingerprint density at radius 1 is 1.40 bits per heavy atom. The maximum Gasteiger partial charge on any atom is 0.416 e. The molecule has 0 radical (unpaired) electrons. The van der Waals surface area contributed by atoms with Crippen LogP contribution in [-0.2, 0) is 12.1 Å². The fourth-order valence-electron chi connectivity index (χ4n) is 2.66. The van der Waals surface area contributed by atoms with Crippen LogP contribution in [0.1, 0.15) is 37.2 Å². The number of fused-ring (bicyclic) bond motifs is 1. The molecule has 20 heavy (non-hydrogen) atoms. The molecule has 1 aromatic heterocycles. The van der Waals surface area contributed by atoms with Crippen LogP contribution in [0.4, 0.5) is 13.2 Å². The normalized spacial score (nSPS) is 17.6. The van der Waals surface area contributed by atoms with Gasteiger partial charge in [-0.15, -0.1) is 11.6 Å². The molecule has 0 amide bonds. The molecule has 1 aromatic carbocycles. The van der Waals surface area contributed by atoms with Gasteiger partial charge >= 0.3 is 6.18 Å². The molecule has 0 N–H and O–H groups in total. The van der Waals surface area contributed by atoms with Gasteiger partial charge in [-0.05, 0) is 43.9 Å². The first kappa shape index (κ1) is 13.7. The number of imidazole rings is 1. The van der Waals surface area contributed by atoms with Crippen LogP contribution in [0, 0.1) is 5.92 Å². The smallest absolute Gasteiger partial charge is 0.324 e. The number of alkyl halides is 4. The molecule has 2 aromatic rings. The lowest BCUT2D eigenvalue weighted by Crippen LogP contribution is -2.10. The number of nitrogens with zero attached hydrogens (tertiary/aromatic N) is 2. The molecule has 1 saturated carbocycles. The van der Waals surface area contributed by atoms with Crippen molar-refractivity contribution >= 4 is 22.6 Å². The van der Waals surface area contributed by atoms with Crippen LogP contribution in [-0.4, -0.2) is 9.55 Å². The lowest BCUT2D eigenvalue weighted by molar-refractivity contribution is -0.137. The third kappa shape index (κ3) is 2.28. The van der Waals surface area contributed by atoms with Gasteiger partial charge in [0, 0.05) is 6.04 Å². The van der Waals surface area contributed by atoms with Gasteiger partial charge in [0.05, 0.1) is 22.5 Å². The number of benzene rings is 1. The van der Waals surface area contributed by atoms with Crippen molar-refractivity contribution in [3.05, 3.63) is 29.6 Å². The van der Waals surface area contributed by atoms with E-state index in [1.807, 2.05) is 4.57 Å². The molecule has 0 bridgehead atoms. The molecular weight excluding hydrogens is 289 g/mol. The van der Waals surface area contributed by atoms with Gasteiger partial charge in [-0.3, -0.25) is 0 Å². The minimum atomic E-state index is -4.35. The second-order valence-electron chi connectivity index (χ2n) is 5.31. The predicted octanol–water partition coefficient (Wildman–Crippen LogP) is 4.76. The van der Waals surface area contributed by atoms with Crippen LogP contribution in [0.15, 0.2) is 18.2 Å². The summed E-state index contributed by atoms with van der Waals surface area (Å²) >= 11 is 5.90. The maximum absolute atomic E-state index is 12.7. The average molecular weight is 303 g/mol. The Bertz CT molecular complexity index is 644. The van der Waals surface area contributed by atoms with Crippen LogP contribution in [0.3, 0.4) is 0 Å². The summed E-state index contributed by atoms with van der Waals surface area (Å²) in [6.45, 7) is 2.08. The number of hydrogen-bond acceptors (Lipinski definition) is 1. The first-order valence-corrected chi connectivity index (χ1v) is 7.09. The standard InChI is InChI=1S/C14H14ClF3N2/c1-8(9-2-3-9)20-12-5-4-10(14(16,17)18)6-11(12)19-13(20)7-15/h4-6,8-9H,2-3,7H2,1H3. The third-order valence-electron chi connectivity index (χ3n) is 3.92.